The molecule has 262 valence electrons. The average molecular weight is 684 g/mol. The zero-order valence-corrected chi connectivity index (χ0v) is 27.7. The van der Waals surface area contributed by atoms with Gasteiger partial charge in [0.1, 0.15) is 19.1 Å². The summed E-state index contributed by atoms with van der Waals surface area (Å²) in [6, 6.07) is -1.78. The van der Waals surface area contributed by atoms with Crippen LogP contribution in [0, 0.1) is 0 Å². The van der Waals surface area contributed by atoms with Crippen molar-refractivity contribution in [2.45, 2.75) is 63.0 Å². The molecule has 18 heteroatoms. The number of ether oxygens (including phenoxy) is 3. The van der Waals surface area contributed by atoms with Crippen LogP contribution in [0.25, 0.3) is 0 Å². The third-order valence-corrected chi connectivity index (χ3v) is 9.88. The molecule has 5 aliphatic rings. The van der Waals surface area contributed by atoms with E-state index in [2.05, 4.69) is 10.6 Å². The highest BCUT2D eigenvalue weighted by atomic mass is 32.2. The van der Waals surface area contributed by atoms with Crippen LogP contribution in [0.5, 0.6) is 0 Å². The first-order valence-corrected chi connectivity index (χ1v) is 17.5. The average Bonchev–Trinajstić information content (AvgIpc) is 3.78. The van der Waals surface area contributed by atoms with E-state index in [1.54, 1.807) is 11.8 Å². The highest BCUT2D eigenvalue weighted by molar-refractivity contribution is 7.98. The largest absolute Gasteiger partial charge is 0.480 e. The van der Waals surface area contributed by atoms with Crippen LogP contribution in [0.4, 0.5) is 0 Å². The van der Waals surface area contributed by atoms with E-state index in [9.17, 15) is 33.9 Å². The number of hydrogen-bond donors (Lipinski definition) is 3. The molecule has 0 radical (unpaired) electrons. The number of fused-ring (bicyclic) bond motifs is 3. The zero-order chi connectivity index (χ0) is 33.7. The monoisotopic (exact) mass is 683 g/mol. The number of carbonyl (C=O) groups is 6. The maximum atomic E-state index is 13.8. The molecule has 17 nitrogen and oxygen atoms in total. The van der Waals surface area contributed by atoms with Gasteiger partial charge in [-0.1, -0.05) is 0 Å². The number of hydrogen-bond acceptors (Lipinski definition) is 15. The molecule has 5 rings (SSSR count). The Labute approximate surface area is 277 Å². The van der Waals surface area contributed by atoms with Crippen LogP contribution in [0.15, 0.2) is 0 Å². The van der Waals surface area contributed by atoms with Crippen LogP contribution in [-0.4, -0.2) is 186 Å². The smallest absolute Gasteiger partial charge is 0.325 e. The van der Waals surface area contributed by atoms with Crippen molar-refractivity contribution in [2.24, 2.45) is 0 Å². The summed E-state index contributed by atoms with van der Waals surface area (Å²) in [7, 11) is 0. The van der Waals surface area contributed by atoms with Crippen molar-refractivity contribution >= 4 is 47.5 Å². The van der Waals surface area contributed by atoms with Crippen LogP contribution in [0.1, 0.15) is 26.2 Å². The molecule has 5 saturated heterocycles. The van der Waals surface area contributed by atoms with Gasteiger partial charge in [-0.15, -0.1) is 0 Å². The molecule has 0 saturated carbocycles. The number of nitrogens with one attached hydrogen (secondary N) is 2. The molecule has 3 unspecified atom stereocenters. The first-order chi connectivity index (χ1) is 22.5. The molecule has 6 atom stereocenters. The lowest BCUT2D eigenvalue weighted by atomic mass is 10.1. The Morgan fingerprint density at radius 3 is 2.11 bits per heavy atom. The van der Waals surface area contributed by atoms with E-state index in [4.69, 9.17) is 14.2 Å². The standard InChI is InChI=1S/C29H45N7O10S/c1-18(29(42)43)31-28(41)20(5-9-47-2)30-10-19-4-3-6-36(19)21(37)11-32-7-8-33-15-25(38)45-23(33)13-35-17-27(40)46-24(35)14-34-16-26(39)44-22(34)12-32/h18-20,22-24,30H,3-17H2,1-2H3,(H,31,41)(H,42,43)/t18-,19-,20-,22?,23?,24?/m0/s1. The third kappa shape index (κ3) is 9.11. The molecule has 5 fully saturated rings. The number of aliphatic carboxylic acids is 1. The molecule has 47 heavy (non-hydrogen) atoms. The van der Waals surface area contributed by atoms with E-state index in [-0.39, 0.29) is 63.7 Å². The third-order valence-electron chi connectivity index (χ3n) is 9.23. The van der Waals surface area contributed by atoms with Crippen LogP contribution < -0.4 is 10.6 Å². The second-order valence-corrected chi connectivity index (χ2v) is 13.6. The van der Waals surface area contributed by atoms with E-state index in [1.165, 1.54) is 6.92 Å². The summed E-state index contributed by atoms with van der Waals surface area (Å²) in [4.78, 5) is 84.1. The second-order valence-electron chi connectivity index (χ2n) is 12.6. The van der Waals surface area contributed by atoms with Crippen molar-refractivity contribution in [2.75, 3.05) is 84.0 Å². The fraction of sp³-hybridized carbons (Fsp3) is 0.793. The summed E-state index contributed by atoms with van der Waals surface area (Å²) >= 11 is 1.59. The normalized spacial score (nSPS) is 29.1. The Morgan fingerprint density at radius 1 is 0.894 bits per heavy atom. The molecule has 0 aliphatic carbocycles. The Kier molecular flexibility index (Phi) is 11.9. The van der Waals surface area contributed by atoms with E-state index in [1.807, 2.05) is 30.8 Å². The van der Waals surface area contributed by atoms with Gasteiger partial charge in [-0.25, -0.2) is 0 Å². The van der Waals surface area contributed by atoms with Crippen LogP contribution >= 0.6 is 11.8 Å². The molecule has 0 aromatic heterocycles. The number of likely N-dealkylation sites (tertiary alicyclic amines) is 1. The van der Waals surface area contributed by atoms with Crippen LogP contribution in [-0.2, 0) is 43.0 Å². The van der Waals surface area contributed by atoms with Gasteiger partial charge >= 0.3 is 23.9 Å². The minimum absolute atomic E-state index is 0.0231. The van der Waals surface area contributed by atoms with Crippen molar-refractivity contribution in [3.8, 4) is 0 Å². The molecule has 2 amide bonds. The molecule has 0 aromatic carbocycles. The van der Waals surface area contributed by atoms with E-state index in [0.29, 0.717) is 38.4 Å². The molecule has 0 spiro atoms. The fourth-order valence-corrected chi connectivity index (χ4v) is 7.11. The number of esters is 3. The van der Waals surface area contributed by atoms with Crippen molar-refractivity contribution in [1.82, 2.24) is 35.1 Å². The minimum Gasteiger partial charge on any atom is -0.480 e. The zero-order valence-electron chi connectivity index (χ0n) is 26.8. The lowest BCUT2D eigenvalue weighted by molar-refractivity contribution is -0.148. The van der Waals surface area contributed by atoms with Gasteiger partial charge in [0.15, 0.2) is 18.7 Å². The van der Waals surface area contributed by atoms with Crippen molar-refractivity contribution < 1.29 is 48.1 Å². The Bertz CT molecular complexity index is 1210. The summed E-state index contributed by atoms with van der Waals surface area (Å²) in [6.07, 6.45) is 2.13. The van der Waals surface area contributed by atoms with Crippen molar-refractivity contribution in [3.05, 3.63) is 0 Å². The van der Waals surface area contributed by atoms with Crippen molar-refractivity contribution in [3.63, 3.8) is 0 Å². The molecule has 5 heterocycles. The van der Waals surface area contributed by atoms with E-state index in [0.717, 1.165) is 12.8 Å². The minimum atomic E-state index is -1.12. The second kappa shape index (κ2) is 15.9. The predicted octanol–water partition coefficient (Wildman–Crippen LogP) is -2.85. The highest BCUT2D eigenvalue weighted by Crippen LogP contribution is 2.23. The lowest BCUT2D eigenvalue weighted by Crippen LogP contribution is -2.55. The van der Waals surface area contributed by atoms with Gasteiger partial charge in [0.2, 0.25) is 11.8 Å². The van der Waals surface area contributed by atoms with Gasteiger partial charge in [-0.3, -0.25) is 48.4 Å². The van der Waals surface area contributed by atoms with Gasteiger partial charge in [-0.05, 0) is 38.2 Å². The summed E-state index contributed by atoms with van der Waals surface area (Å²) in [6.45, 7) is 4.08. The maximum absolute atomic E-state index is 13.8. The first kappa shape index (κ1) is 35.3. The molecule has 0 aromatic rings. The summed E-state index contributed by atoms with van der Waals surface area (Å²) in [5.41, 5.74) is 0. The topological polar surface area (TPSA) is 191 Å². The lowest BCUT2D eigenvalue weighted by Gasteiger charge is -2.35. The molecular weight excluding hydrogens is 638 g/mol. The number of amides is 2. The summed E-state index contributed by atoms with van der Waals surface area (Å²) < 4.78 is 16.8. The maximum Gasteiger partial charge on any atom is 0.325 e. The molecule has 3 N–H and O–H groups in total. The quantitative estimate of drug-likeness (QED) is 0.149. The SMILES string of the molecule is CSCC[C@H](NC[C@@H]1CCCN1C(=O)CN1CCN2CC(=O)OC2CN2CC(=O)OC2CN2CC(=O)OC2C1)C(=O)N[C@@H](C)C(=O)O. The summed E-state index contributed by atoms with van der Waals surface area (Å²) in [5, 5.41) is 15.0. The van der Waals surface area contributed by atoms with Gasteiger partial charge in [0.25, 0.3) is 0 Å². The van der Waals surface area contributed by atoms with Gasteiger partial charge < -0.3 is 34.9 Å². The number of carboxylic acid groups (broad SMARTS) is 1. The van der Waals surface area contributed by atoms with Crippen LogP contribution in [0.3, 0.4) is 0 Å². The van der Waals surface area contributed by atoms with E-state index >= 15 is 0 Å². The fourth-order valence-electron chi connectivity index (χ4n) is 6.64. The molecule has 5 aliphatic heterocycles. The molecular formula is C29H45N7O10S. The van der Waals surface area contributed by atoms with Gasteiger partial charge in [0, 0.05) is 32.2 Å². The van der Waals surface area contributed by atoms with Gasteiger partial charge in [0.05, 0.1) is 38.8 Å². The van der Waals surface area contributed by atoms with Crippen LogP contribution in [0.2, 0.25) is 0 Å². The predicted molar refractivity (Wildman–Crippen MR) is 166 cm³/mol. The van der Waals surface area contributed by atoms with Crippen molar-refractivity contribution in [1.29, 1.82) is 0 Å². The highest BCUT2D eigenvalue weighted by Gasteiger charge is 2.44. The van der Waals surface area contributed by atoms with E-state index < -0.39 is 54.6 Å². The summed E-state index contributed by atoms with van der Waals surface area (Å²) in [5.74, 6) is -2.06. The molecule has 0 bridgehead atoms. The Morgan fingerprint density at radius 2 is 1.49 bits per heavy atom. The number of rotatable bonds is 11. The number of nitrogens with zero attached hydrogens (tertiary/aromatic N) is 5. The number of thioether (sulfide) groups is 1. The number of carboxylic acids is 1. The number of carbonyl (C=O) groups excluding carboxylic acids is 5. The Hall–Kier alpha value is -3.03. The first-order valence-electron chi connectivity index (χ1n) is 16.1. The van der Waals surface area contributed by atoms with Gasteiger partial charge in [-0.2, -0.15) is 11.8 Å². The Balaban J connectivity index is 1.25.